The molecule has 0 fully saturated rings. The van der Waals surface area contributed by atoms with Crippen LogP contribution >= 0.6 is 23.2 Å². The second-order valence-corrected chi connectivity index (χ2v) is 31.8. The molecule has 22 rings (SSSR count). The number of halogens is 3. The highest BCUT2D eigenvalue weighted by atomic mass is 35.5. The van der Waals surface area contributed by atoms with Gasteiger partial charge in [0.05, 0.1) is 61.8 Å². The summed E-state index contributed by atoms with van der Waals surface area (Å²) in [5, 5.41) is 0.702. The molecule has 602 valence electrons. The maximum absolute atomic E-state index is 5.76. The average molecular weight is 1660 g/mol. The third-order valence-electron chi connectivity index (χ3n) is 24.1. The van der Waals surface area contributed by atoms with E-state index >= 15 is 0 Å². The lowest BCUT2D eigenvalue weighted by atomic mass is 9.62. The molecule has 2 aromatic heterocycles. The Labute approximate surface area is 740 Å². The van der Waals surface area contributed by atoms with E-state index in [1.807, 2.05) is 48.5 Å². The van der Waals surface area contributed by atoms with Crippen molar-refractivity contribution in [2.45, 2.75) is 30.6 Å². The van der Waals surface area contributed by atoms with Gasteiger partial charge in [-0.2, -0.15) is 0 Å². The fraction of sp³-hybridized carbons (Fsp3) is 0.0435. The molecule has 0 atom stereocenters. The Bertz CT molecular complexity index is 6430. The van der Waals surface area contributed by atoms with E-state index in [-0.39, 0.29) is 12.1 Å². The topological polar surface area (TPSA) is 61.3 Å². The van der Waals surface area contributed by atoms with Crippen molar-refractivity contribution in [3.05, 3.63) is 556 Å². The Morgan fingerprint density at radius 1 is 0.208 bits per heavy atom. The molecule has 17 aromatic carbocycles. The van der Waals surface area contributed by atoms with Crippen LogP contribution in [0.3, 0.4) is 0 Å². The molecule has 0 amide bonds. The third-order valence-corrected chi connectivity index (χ3v) is 24.5. The number of hydrogen-bond acceptors (Lipinski definition) is 7. The summed E-state index contributed by atoms with van der Waals surface area (Å²) >= 11 is 11.5. The molecule has 0 unspecified atom stereocenters. The maximum Gasteiger partial charge on any atom is 0.162 e. The molecule has 7 nitrogen and oxygen atoms in total. The van der Waals surface area contributed by atoms with Crippen molar-refractivity contribution >= 4 is 74.4 Å². The van der Waals surface area contributed by atoms with Crippen molar-refractivity contribution in [1.29, 1.82) is 0 Å². The predicted molar refractivity (Wildman–Crippen MR) is 516 cm³/mol. The van der Waals surface area contributed by atoms with Crippen LogP contribution in [-0.2, 0) is 16.2 Å². The molecular formula is C115H86Cl2FN7. The van der Waals surface area contributed by atoms with Gasteiger partial charge in [0.25, 0.3) is 0 Å². The zero-order valence-electron chi connectivity index (χ0n) is 67.8. The molecule has 3 aliphatic rings. The molecule has 125 heavy (non-hydrogen) atoms. The highest BCUT2D eigenvalue weighted by Crippen LogP contribution is 2.62. The summed E-state index contributed by atoms with van der Waals surface area (Å²) < 4.78 is 0. The molecule has 0 spiro atoms. The molecule has 19 aromatic rings. The largest absolute Gasteiger partial charge is 0.310 e. The van der Waals surface area contributed by atoms with Crippen molar-refractivity contribution in [3.63, 3.8) is 0 Å². The Hall–Kier alpha value is -15.2. The number of anilines is 9. The molecule has 3 aliphatic heterocycles. The fourth-order valence-corrected chi connectivity index (χ4v) is 19.3. The Morgan fingerprint density at radius 3 is 0.648 bits per heavy atom. The molecule has 0 aliphatic carbocycles. The van der Waals surface area contributed by atoms with Gasteiger partial charge in [-0.3, -0.25) is 4.70 Å². The van der Waals surface area contributed by atoms with Crippen molar-refractivity contribution in [2.24, 2.45) is 0 Å². The Morgan fingerprint density at radius 2 is 0.408 bits per heavy atom. The smallest absolute Gasteiger partial charge is 0.162 e. The first kappa shape index (κ1) is 80.8. The van der Waals surface area contributed by atoms with Crippen LogP contribution in [0.1, 0.15) is 79.8 Å². The number of aromatic nitrogens is 4. The first-order valence-corrected chi connectivity index (χ1v) is 42.3. The summed E-state index contributed by atoms with van der Waals surface area (Å²) in [6.45, 7) is 2.14. The number of aryl methyl sites for hydroxylation is 1. The van der Waals surface area contributed by atoms with Gasteiger partial charge in [0.1, 0.15) is 10.3 Å². The van der Waals surface area contributed by atoms with Gasteiger partial charge in [-0.25, -0.2) is 19.9 Å². The second-order valence-electron chi connectivity index (χ2n) is 31.0. The summed E-state index contributed by atoms with van der Waals surface area (Å²) in [6, 6.07) is 169. The maximum atomic E-state index is 5.76. The van der Waals surface area contributed by atoms with Crippen LogP contribution < -0.4 is 14.7 Å². The lowest BCUT2D eigenvalue weighted by Crippen LogP contribution is -2.37. The van der Waals surface area contributed by atoms with E-state index < -0.39 is 16.2 Å². The summed E-state index contributed by atoms with van der Waals surface area (Å²) in [4.78, 5) is 25.9. The summed E-state index contributed by atoms with van der Waals surface area (Å²) in [7, 11) is 0. The van der Waals surface area contributed by atoms with Crippen molar-refractivity contribution in [2.75, 3.05) is 14.7 Å². The molecule has 0 bridgehead atoms. The van der Waals surface area contributed by atoms with Gasteiger partial charge in [-0.15, -0.1) is 0 Å². The molecule has 0 radical (unpaired) electrons. The normalized spacial score (nSPS) is 13.1. The van der Waals surface area contributed by atoms with Crippen LogP contribution in [0.2, 0.25) is 10.3 Å². The minimum atomic E-state index is -0.533. The molecular weight excluding hydrogens is 1570 g/mol. The minimum Gasteiger partial charge on any atom is -0.310 e. The Balaban J connectivity index is 0.000000177. The zero-order valence-corrected chi connectivity index (χ0v) is 69.3. The molecule has 0 N–H and O–H groups in total. The van der Waals surface area contributed by atoms with E-state index in [0.717, 1.165) is 67.8 Å². The number of benzene rings is 17. The summed E-state index contributed by atoms with van der Waals surface area (Å²) in [5.41, 5.74) is 30.7. The van der Waals surface area contributed by atoms with E-state index in [1.54, 1.807) is 0 Å². The highest BCUT2D eigenvalue weighted by Gasteiger charge is 2.50. The lowest BCUT2D eigenvalue weighted by Gasteiger charge is -2.46. The van der Waals surface area contributed by atoms with Crippen LogP contribution in [-0.4, -0.2) is 19.9 Å². The van der Waals surface area contributed by atoms with Crippen molar-refractivity contribution in [1.82, 2.24) is 19.9 Å². The van der Waals surface area contributed by atoms with Gasteiger partial charge < -0.3 is 14.7 Å². The van der Waals surface area contributed by atoms with E-state index in [9.17, 15) is 0 Å². The standard InChI is InChI=1S/C72H50N4.C32H25N.C10H6Cl2N2.CH4.FH/c1-6-24-53(25-7-1)70-73-64(51-42-46-58(47-43-51)75-66-38-20-16-34-60(66)71(54-26-8-2-9-27-54,55-28-10-3-11-29-55)61-35-17-21-39-67(61)75)50-65(74-70)52-44-48-59(49-45-52)76-68-40-22-18-36-62(68)72(56-30-12-4-13-31-56,57-32-14-5-15-33-57)63-37-19-23-41-69(63)76;1-24-20-22-27(23-21-24)33-30-18-10-8-16-28(30)32(25-12-4-2-5-13-25,26-14-6-3-7-15-26)29-17-9-11-19-31(29)33;11-8-6-9(12)14-10(13-8)7-4-2-1-3-5-7;;/h1-50H;2-23H,1H3;1-6H;1H4;1H. The summed E-state index contributed by atoms with van der Waals surface area (Å²) in [6.07, 6.45) is 0. The SMILES string of the molecule is C.Cc1ccc(N2c3ccccc3C(c3ccccc3)(c3ccccc3)c3ccccc32)cc1.Clc1cc(Cl)nc(-c2ccccc2)n1.F.c1ccc(-c2nc(-c3ccc(N4c5ccccc5C(c5ccccc5)(c5ccccc5)c5ccccc54)cc3)cc(-c3ccc(N4c5ccccc5C(c5ccccc5)(c5ccccc5)c5ccccc54)cc3)n2)cc1. The molecule has 0 saturated carbocycles. The molecule has 5 heterocycles. The number of fused-ring (bicyclic) bond motifs is 6. The van der Waals surface area contributed by atoms with Gasteiger partial charge in [0.15, 0.2) is 11.6 Å². The van der Waals surface area contributed by atoms with E-state index in [1.165, 1.54) is 95.5 Å². The third kappa shape index (κ3) is 14.5. The molecule has 10 heteroatoms. The van der Waals surface area contributed by atoms with Crippen LogP contribution in [0, 0.1) is 6.92 Å². The number of nitrogens with zero attached hydrogens (tertiary/aromatic N) is 7. The highest BCUT2D eigenvalue weighted by molar-refractivity contribution is 6.33. The first-order chi connectivity index (χ1) is 60.8. The minimum absolute atomic E-state index is 0. The van der Waals surface area contributed by atoms with E-state index in [2.05, 4.69) is 450 Å². The van der Waals surface area contributed by atoms with Crippen molar-refractivity contribution < 1.29 is 4.70 Å². The van der Waals surface area contributed by atoms with Crippen LogP contribution in [0.4, 0.5) is 55.9 Å². The van der Waals surface area contributed by atoms with Crippen LogP contribution in [0.15, 0.2) is 473 Å². The summed E-state index contributed by atoms with van der Waals surface area (Å²) in [5.74, 6) is 1.22. The van der Waals surface area contributed by atoms with Gasteiger partial charge in [0.2, 0.25) is 0 Å². The lowest BCUT2D eigenvalue weighted by molar-refractivity contribution is 0.731. The predicted octanol–water partition coefficient (Wildman–Crippen LogP) is 30.2. The van der Waals surface area contributed by atoms with E-state index in [0.29, 0.717) is 22.0 Å². The Kier molecular flexibility index (Phi) is 22.7. The van der Waals surface area contributed by atoms with E-state index in [4.69, 9.17) is 33.2 Å². The van der Waals surface area contributed by atoms with Crippen LogP contribution in [0.25, 0.3) is 45.3 Å². The number of hydrogen-bond donors (Lipinski definition) is 0. The second kappa shape index (κ2) is 35.1. The zero-order chi connectivity index (χ0) is 82.7. The monoisotopic (exact) mass is 1650 g/mol. The van der Waals surface area contributed by atoms with Gasteiger partial charge >= 0.3 is 0 Å². The van der Waals surface area contributed by atoms with Crippen molar-refractivity contribution in [3.8, 4) is 45.3 Å². The van der Waals surface area contributed by atoms with Crippen LogP contribution in [0.5, 0.6) is 0 Å². The quantitative estimate of drug-likeness (QED) is 0.107. The number of rotatable bonds is 13. The fourth-order valence-electron chi connectivity index (χ4n) is 18.9. The molecule has 0 saturated heterocycles. The van der Waals surface area contributed by atoms with Gasteiger partial charge in [0, 0.05) is 45.4 Å². The number of para-hydroxylation sites is 6. The van der Waals surface area contributed by atoms with Gasteiger partial charge in [-0.05, 0) is 153 Å². The first-order valence-electron chi connectivity index (χ1n) is 41.5. The van der Waals surface area contributed by atoms with Gasteiger partial charge in [-0.1, -0.05) is 424 Å². The average Bonchev–Trinajstić information content (AvgIpc) is 0.706.